The van der Waals surface area contributed by atoms with Gasteiger partial charge in [-0.15, -0.1) is 0 Å². The molecule has 0 radical (unpaired) electrons. The van der Waals surface area contributed by atoms with Crippen molar-refractivity contribution in [3.05, 3.63) is 82.8 Å². The third kappa shape index (κ3) is 3.48. The van der Waals surface area contributed by atoms with Gasteiger partial charge in [-0.05, 0) is 24.6 Å². The lowest BCUT2D eigenvalue weighted by Crippen LogP contribution is -2.52. The number of fused-ring (bicyclic) bond motifs is 1. The molecule has 1 N–H and O–H groups in total. The predicted molar refractivity (Wildman–Crippen MR) is 118 cm³/mol. The molecule has 7 heteroatoms. The van der Waals surface area contributed by atoms with E-state index in [-0.39, 0.29) is 11.6 Å². The number of aromatic nitrogens is 4. The first-order chi connectivity index (χ1) is 14.7. The highest BCUT2D eigenvalue weighted by Gasteiger charge is 2.26. The van der Waals surface area contributed by atoms with Crippen molar-refractivity contribution in [2.75, 3.05) is 24.5 Å². The quantitative estimate of drug-likeness (QED) is 0.570. The van der Waals surface area contributed by atoms with Crippen molar-refractivity contribution in [1.29, 1.82) is 0 Å². The van der Waals surface area contributed by atoms with E-state index < -0.39 is 0 Å². The second-order valence-electron chi connectivity index (χ2n) is 7.78. The van der Waals surface area contributed by atoms with Crippen molar-refractivity contribution in [2.45, 2.75) is 19.5 Å². The molecule has 0 saturated carbocycles. The van der Waals surface area contributed by atoms with E-state index in [9.17, 15) is 4.79 Å². The Kier molecular flexibility index (Phi) is 4.80. The fourth-order valence-corrected chi connectivity index (χ4v) is 4.13. The van der Waals surface area contributed by atoms with Crippen molar-refractivity contribution < 1.29 is 0 Å². The highest BCUT2D eigenvalue weighted by atomic mass is 16.1. The van der Waals surface area contributed by atoms with Crippen LogP contribution in [-0.2, 0) is 6.54 Å². The topological polar surface area (TPSA) is 70.1 Å². The van der Waals surface area contributed by atoms with Crippen LogP contribution in [0.5, 0.6) is 0 Å². The minimum absolute atomic E-state index is 0.156. The summed E-state index contributed by atoms with van der Waals surface area (Å²) in [5.74, 6) is 0.608. The second-order valence-corrected chi connectivity index (χ2v) is 7.78. The maximum atomic E-state index is 12.7. The molecule has 1 aliphatic heterocycles. The number of nitrogens with zero attached hydrogens (tertiary/aromatic N) is 5. The van der Waals surface area contributed by atoms with Gasteiger partial charge in [0, 0.05) is 32.2 Å². The molecule has 4 aromatic rings. The van der Waals surface area contributed by atoms with Gasteiger partial charge in [-0.2, -0.15) is 10.1 Å². The van der Waals surface area contributed by atoms with Gasteiger partial charge >= 0.3 is 0 Å². The second kappa shape index (κ2) is 7.76. The summed E-state index contributed by atoms with van der Waals surface area (Å²) in [6, 6.07) is 20.5. The molecule has 0 aliphatic carbocycles. The zero-order valence-corrected chi connectivity index (χ0v) is 16.9. The van der Waals surface area contributed by atoms with E-state index >= 15 is 0 Å². The van der Waals surface area contributed by atoms with E-state index in [1.165, 1.54) is 5.56 Å². The lowest BCUT2D eigenvalue weighted by molar-refractivity contribution is 0.219. The minimum atomic E-state index is -0.156. The molecule has 1 saturated heterocycles. The third-order valence-electron chi connectivity index (χ3n) is 5.66. The molecule has 2 aromatic heterocycles. The van der Waals surface area contributed by atoms with E-state index in [0.717, 1.165) is 31.9 Å². The Morgan fingerprint density at radius 3 is 2.50 bits per heavy atom. The number of H-pyrrole nitrogens is 1. The first kappa shape index (κ1) is 18.6. The van der Waals surface area contributed by atoms with Gasteiger partial charge in [-0.3, -0.25) is 14.7 Å². The molecule has 0 unspecified atom stereocenters. The number of hydrogen-bond donors (Lipinski definition) is 1. The molecule has 0 bridgehead atoms. The Labute approximate surface area is 174 Å². The normalized spacial score (nSPS) is 17.5. The lowest BCUT2D eigenvalue weighted by Gasteiger charge is -2.40. The Balaban J connectivity index is 1.42. The van der Waals surface area contributed by atoms with Gasteiger partial charge in [0.25, 0.3) is 5.56 Å². The minimum Gasteiger partial charge on any atom is -0.337 e. The van der Waals surface area contributed by atoms with Crippen LogP contribution in [0.2, 0.25) is 0 Å². The molecule has 2 aromatic carbocycles. The number of piperazine rings is 1. The lowest BCUT2D eigenvalue weighted by atomic mass is 10.1. The average Bonchev–Trinajstić information content (AvgIpc) is 3.20. The summed E-state index contributed by atoms with van der Waals surface area (Å²) in [6.07, 6.45) is 1.58. The molecule has 3 heterocycles. The van der Waals surface area contributed by atoms with Crippen LogP contribution in [0.25, 0.3) is 16.7 Å². The molecule has 152 valence electrons. The zero-order chi connectivity index (χ0) is 20.5. The molecule has 1 aliphatic rings. The molecule has 1 fully saturated rings. The summed E-state index contributed by atoms with van der Waals surface area (Å²) in [7, 11) is 0. The van der Waals surface area contributed by atoms with E-state index in [0.29, 0.717) is 17.0 Å². The Bertz CT molecular complexity index is 1200. The molecular formula is C23H24N6O. The van der Waals surface area contributed by atoms with Crippen molar-refractivity contribution in [3.63, 3.8) is 0 Å². The van der Waals surface area contributed by atoms with Crippen LogP contribution in [0.4, 0.5) is 5.95 Å². The number of aromatic amines is 1. The SMILES string of the molecule is C[C@@H]1CN(Cc2ccccc2)CCN1c1nc2c(cnn2-c2ccccc2)c(=O)[nH]1. The number of anilines is 1. The van der Waals surface area contributed by atoms with Crippen LogP contribution in [0, 0.1) is 0 Å². The smallest absolute Gasteiger partial charge is 0.263 e. The summed E-state index contributed by atoms with van der Waals surface area (Å²) < 4.78 is 1.73. The van der Waals surface area contributed by atoms with Gasteiger partial charge in [0.15, 0.2) is 5.65 Å². The summed E-state index contributed by atoms with van der Waals surface area (Å²) in [6.45, 7) is 5.74. The van der Waals surface area contributed by atoms with Crippen LogP contribution in [0.1, 0.15) is 12.5 Å². The van der Waals surface area contributed by atoms with Gasteiger partial charge in [-0.25, -0.2) is 4.68 Å². The molecule has 5 rings (SSSR count). The maximum absolute atomic E-state index is 12.7. The molecule has 0 amide bonds. The molecule has 7 nitrogen and oxygen atoms in total. The van der Waals surface area contributed by atoms with Crippen LogP contribution >= 0.6 is 0 Å². The number of hydrogen-bond acceptors (Lipinski definition) is 5. The summed E-state index contributed by atoms with van der Waals surface area (Å²) in [4.78, 5) is 25.1. The summed E-state index contributed by atoms with van der Waals surface area (Å²) in [5, 5.41) is 4.90. The Morgan fingerprint density at radius 2 is 1.77 bits per heavy atom. The summed E-state index contributed by atoms with van der Waals surface area (Å²) >= 11 is 0. The number of nitrogens with one attached hydrogen (secondary N) is 1. The molecular weight excluding hydrogens is 376 g/mol. The number of rotatable bonds is 4. The monoisotopic (exact) mass is 400 g/mol. The molecule has 30 heavy (non-hydrogen) atoms. The average molecular weight is 400 g/mol. The zero-order valence-electron chi connectivity index (χ0n) is 16.9. The van der Waals surface area contributed by atoms with Crippen molar-refractivity contribution in [2.24, 2.45) is 0 Å². The van der Waals surface area contributed by atoms with Crippen LogP contribution in [0.3, 0.4) is 0 Å². The van der Waals surface area contributed by atoms with Gasteiger partial charge in [0.1, 0.15) is 5.39 Å². The van der Waals surface area contributed by atoms with Gasteiger partial charge < -0.3 is 4.90 Å². The standard InChI is InChI=1S/C23H24N6O/c1-17-15-27(16-18-8-4-2-5-9-18)12-13-28(17)23-25-21-20(22(30)26-23)14-24-29(21)19-10-6-3-7-11-19/h2-11,14,17H,12-13,15-16H2,1H3,(H,25,26,30)/t17-/m1/s1. The first-order valence-electron chi connectivity index (χ1n) is 10.3. The van der Waals surface area contributed by atoms with Crippen LogP contribution in [-0.4, -0.2) is 50.3 Å². The number of benzene rings is 2. The largest absolute Gasteiger partial charge is 0.337 e. The van der Waals surface area contributed by atoms with E-state index in [4.69, 9.17) is 4.98 Å². The van der Waals surface area contributed by atoms with Gasteiger partial charge in [0.05, 0.1) is 11.9 Å². The van der Waals surface area contributed by atoms with Crippen molar-refractivity contribution in [1.82, 2.24) is 24.6 Å². The maximum Gasteiger partial charge on any atom is 0.263 e. The van der Waals surface area contributed by atoms with E-state index in [1.54, 1.807) is 10.9 Å². The van der Waals surface area contributed by atoms with E-state index in [2.05, 4.69) is 51.1 Å². The van der Waals surface area contributed by atoms with Crippen molar-refractivity contribution >= 4 is 17.0 Å². The van der Waals surface area contributed by atoms with Crippen LogP contribution in [0.15, 0.2) is 71.7 Å². The van der Waals surface area contributed by atoms with E-state index in [1.807, 2.05) is 36.4 Å². The Morgan fingerprint density at radius 1 is 1.03 bits per heavy atom. The fourth-order valence-electron chi connectivity index (χ4n) is 4.13. The van der Waals surface area contributed by atoms with Gasteiger partial charge in [-0.1, -0.05) is 48.5 Å². The predicted octanol–water partition coefficient (Wildman–Crippen LogP) is 2.82. The van der Waals surface area contributed by atoms with Crippen LogP contribution < -0.4 is 10.5 Å². The highest BCUT2D eigenvalue weighted by Crippen LogP contribution is 2.20. The summed E-state index contributed by atoms with van der Waals surface area (Å²) in [5.41, 5.74) is 2.63. The third-order valence-corrected chi connectivity index (χ3v) is 5.66. The first-order valence-corrected chi connectivity index (χ1v) is 10.3. The molecule has 0 spiro atoms. The Hall–Kier alpha value is -3.45. The van der Waals surface area contributed by atoms with Gasteiger partial charge in [0.2, 0.25) is 5.95 Å². The molecule has 1 atom stereocenters. The van der Waals surface area contributed by atoms with Crippen molar-refractivity contribution in [3.8, 4) is 5.69 Å². The fraction of sp³-hybridized carbons (Fsp3) is 0.261. The highest BCUT2D eigenvalue weighted by molar-refractivity contribution is 5.76. The number of para-hydroxylation sites is 1.